The van der Waals surface area contributed by atoms with E-state index >= 15 is 0 Å². The van der Waals surface area contributed by atoms with Gasteiger partial charge < -0.3 is 25.4 Å². The molecule has 5 nitrogen and oxygen atoms in total. The normalized spacial score (nSPS) is 12.2. The summed E-state index contributed by atoms with van der Waals surface area (Å²) < 4.78 is 41.5. The molecule has 0 fully saturated rings. The third kappa shape index (κ3) is 7.33. The van der Waals surface area contributed by atoms with Gasteiger partial charge in [0.05, 0.1) is 17.8 Å². The molecule has 1 atom stereocenters. The molecule has 0 saturated carbocycles. The molecule has 0 aliphatic rings. The van der Waals surface area contributed by atoms with Crippen molar-refractivity contribution in [3.05, 3.63) is 54.2 Å². The van der Waals surface area contributed by atoms with Crippen LogP contribution in [0.2, 0.25) is 0 Å². The third-order valence-corrected chi connectivity index (χ3v) is 5.86. The minimum atomic E-state index is -4.35. The van der Waals surface area contributed by atoms with Gasteiger partial charge in [0.2, 0.25) is 0 Å². The van der Waals surface area contributed by atoms with E-state index in [9.17, 15) is 13.2 Å². The fraction of sp³-hybridized carbons (Fsp3) is 0.407. The van der Waals surface area contributed by atoms with E-state index in [1.54, 1.807) is 18.2 Å². The Morgan fingerprint density at radius 3 is 2.46 bits per heavy atom. The van der Waals surface area contributed by atoms with Crippen LogP contribution in [0, 0.1) is 11.8 Å². The Kier molecular flexibility index (Phi) is 8.94. The van der Waals surface area contributed by atoms with Gasteiger partial charge in [-0.25, -0.2) is 0 Å². The van der Waals surface area contributed by atoms with Crippen molar-refractivity contribution in [2.24, 2.45) is 0 Å². The van der Waals surface area contributed by atoms with Gasteiger partial charge in [0.15, 0.2) is 0 Å². The fourth-order valence-electron chi connectivity index (χ4n) is 3.94. The summed E-state index contributed by atoms with van der Waals surface area (Å²) in [5.74, 6) is 5.94. The summed E-state index contributed by atoms with van der Waals surface area (Å²) in [6.45, 7) is 2.20. The Bertz CT molecular complexity index is 1150. The van der Waals surface area contributed by atoms with Crippen LogP contribution in [0.15, 0.2) is 48.5 Å². The molecular weight excluding hydrogens is 451 g/mol. The third-order valence-electron chi connectivity index (χ3n) is 5.86. The summed E-state index contributed by atoms with van der Waals surface area (Å²) in [5, 5.41) is 10.6. The van der Waals surface area contributed by atoms with Crippen molar-refractivity contribution < 1.29 is 13.2 Å². The molecule has 0 aliphatic heterocycles. The minimum Gasteiger partial charge on any atom is -0.382 e. The summed E-state index contributed by atoms with van der Waals surface area (Å²) in [4.78, 5) is 2.01. The van der Waals surface area contributed by atoms with Gasteiger partial charge in [-0.3, -0.25) is 0 Å². The van der Waals surface area contributed by atoms with Crippen molar-refractivity contribution in [3.8, 4) is 11.8 Å². The first-order valence-corrected chi connectivity index (χ1v) is 11.8. The number of nitrogens with zero attached hydrogens (tertiary/aromatic N) is 2. The average Bonchev–Trinajstić information content (AvgIpc) is 3.16. The van der Waals surface area contributed by atoms with Crippen molar-refractivity contribution in [3.63, 3.8) is 0 Å². The van der Waals surface area contributed by atoms with Crippen LogP contribution >= 0.6 is 0 Å². The number of fused-ring (bicyclic) bond motifs is 1. The Hall–Kier alpha value is -3.31. The first-order valence-electron chi connectivity index (χ1n) is 11.8. The van der Waals surface area contributed by atoms with E-state index in [1.807, 2.05) is 56.4 Å². The zero-order valence-electron chi connectivity index (χ0n) is 20.8. The van der Waals surface area contributed by atoms with Crippen molar-refractivity contribution in [1.29, 1.82) is 0 Å². The largest absolute Gasteiger partial charge is 0.406 e. The van der Waals surface area contributed by atoms with E-state index in [4.69, 9.17) is 0 Å². The highest BCUT2D eigenvalue weighted by molar-refractivity contribution is 5.94. The molecule has 3 aromatic rings. The monoisotopic (exact) mass is 485 g/mol. The lowest BCUT2D eigenvalue weighted by molar-refractivity contribution is -0.140. The van der Waals surface area contributed by atoms with Crippen LogP contribution in [-0.4, -0.2) is 51.0 Å². The minimum absolute atomic E-state index is 0.219. The maximum atomic E-state index is 13.4. The number of rotatable bonds is 10. The molecule has 0 saturated heterocycles. The highest BCUT2D eigenvalue weighted by atomic mass is 19.4. The molecule has 1 unspecified atom stereocenters. The second kappa shape index (κ2) is 11.9. The van der Waals surface area contributed by atoms with Crippen molar-refractivity contribution in [2.75, 3.05) is 49.8 Å². The van der Waals surface area contributed by atoms with Crippen molar-refractivity contribution in [1.82, 2.24) is 9.88 Å². The SMILES string of the molecule is CCC(CCNC)Nc1cccc2c1cc(C#CCNc1ccc(N(C)C)cc1)n2CC(F)(F)F. The molecule has 0 bridgehead atoms. The van der Waals surface area contributed by atoms with Gasteiger partial charge in [-0.2, -0.15) is 13.2 Å². The molecule has 188 valence electrons. The van der Waals surface area contributed by atoms with E-state index < -0.39 is 12.7 Å². The first-order chi connectivity index (χ1) is 16.7. The lowest BCUT2D eigenvalue weighted by Gasteiger charge is -2.19. The standard InChI is InChI=1S/C27H34F3N5/c1-5-20(15-17-31-2)33-25-9-6-10-26-24(25)18-23(35(26)19-27(28,29)30)8-7-16-32-21-11-13-22(14-12-21)34(3)4/h6,9-14,18,20,31-33H,5,15-17,19H2,1-4H3. The van der Waals surface area contributed by atoms with Gasteiger partial charge in [0.1, 0.15) is 6.54 Å². The molecule has 2 aromatic carbocycles. The van der Waals surface area contributed by atoms with Crippen LogP contribution in [0.5, 0.6) is 0 Å². The van der Waals surface area contributed by atoms with Crippen LogP contribution < -0.4 is 20.9 Å². The molecule has 1 heterocycles. The predicted molar refractivity (Wildman–Crippen MR) is 140 cm³/mol. The Morgan fingerprint density at radius 1 is 1.09 bits per heavy atom. The van der Waals surface area contributed by atoms with E-state index in [0.29, 0.717) is 17.8 Å². The molecule has 1 aromatic heterocycles. The first kappa shape index (κ1) is 26.3. The Balaban J connectivity index is 1.86. The van der Waals surface area contributed by atoms with Gasteiger partial charge in [-0.15, -0.1) is 0 Å². The molecule has 35 heavy (non-hydrogen) atoms. The fourth-order valence-corrected chi connectivity index (χ4v) is 3.94. The maximum absolute atomic E-state index is 13.4. The van der Waals surface area contributed by atoms with E-state index in [2.05, 4.69) is 34.7 Å². The molecule has 0 aliphatic carbocycles. The molecule has 0 spiro atoms. The van der Waals surface area contributed by atoms with Crippen LogP contribution in [0.25, 0.3) is 10.9 Å². The lowest BCUT2D eigenvalue weighted by atomic mass is 10.1. The van der Waals surface area contributed by atoms with E-state index in [1.165, 1.54) is 4.57 Å². The van der Waals surface area contributed by atoms with Crippen LogP contribution in [0.4, 0.5) is 30.2 Å². The zero-order valence-corrected chi connectivity index (χ0v) is 20.8. The van der Waals surface area contributed by atoms with Gasteiger partial charge >= 0.3 is 6.18 Å². The number of hydrogen-bond acceptors (Lipinski definition) is 4. The number of alkyl halides is 3. The molecule has 0 amide bonds. The predicted octanol–water partition coefficient (Wildman–Crippen LogP) is 5.53. The van der Waals surface area contributed by atoms with Crippen LogP contribution in [0.3, 0.4) is 0 Å². The van der Waals surface area contributed by atoms with Crippen molar-refractivity contribution >= 4 is 28.0 Å². The quantitative estimate of drug-likeness (QED) is 0.330. The summed E-state index contributed by atoms with van der Waals surface area (Å²) in [6, 6.07) is 15.3. The second-order valence-corrected chi connectivity index (χ2v) is 8.71. The number of hydrogen-bond donors (Lipinski definition) is 3. The zero-order chi connectivity index (χ0) is 25.4. The smallest absolute Gasteiger partial charge is 0.382 e. The van der Waals surface area contributed by atoms with Crippen LogP contribution in [-0.2, 0) is 6.54 Å². The highest BCUT2D eigenvalue weighted by Gasteiger charge is 2.30. The lowest BCUT2D eigenvalue weighted by Crippen LogP contribution is -2.23. The number of aromatic nitrogens is 1. The molecule has 8 heteroatoms. The molecule has 0 radical (unpaired) electrons. The summed E-state index contributed by atoms with van der Waals surface area (Å²) in [7, 11) is 5.85. The highest BCUT2D eigenvalue weighted by Crippen LogP contribution is 2.31. The van der Waals surface area contributed by atoms with Gasteiger partial charge in [-0.05, 0) is 74.8 Å². The number of nitrogens with one attached hydrogen (secondary N) is 3. The number of benzene rings is 2. The average molecular weight is 486 g/mol. The molecule has 3 N–H and O–H groups in total. The van der Waals surface area contributed by atoms with Gasteiger partial charge in [0, 0.05) is 42.6 Å². The second-order valence-electron chi connectivity index (χ2n) is 8.71. The van der Waals surface area contributed by atoms with Crippen LogP contribution in [0.1, 0.15) is 25.5 Å². The summed E-state index contributed by atoms with van der Waals surface area (Å²) in [5.41, 5.74) is 3.68. The Morgan fingerprint density at radius 2 is 1.83 bits per heavy atom. The maximum Gasteiger partial charge on any atom is 0.406 e. The Labute approximate surface area is 205 Å². The summed E-state index contributed by atoms with van der Waals surface area (Å²) >= 11 is 0. The van der Waals surface area contributed by atoms with Gasteiger partial charge in [0.25, 0.3) is 0 Å². The molecular formula is C27H34F3N5. The molecule has 3 rings (SSSR count). The van der Waals surface area contributed by atoms with E-state index in [-0.39, 0.29) is 6.04 Å². The van der Waals surface area contributed by atoms with E-state index in [0.717, 1.165) is 41.8 Å². The van der Waals surface area contributed by atoms with Crippen molar-refractivity contribution in [2.45, 2.75) is 38.5 Å². The van der Waals surface area contributed by atoms with Gasteiger partial charge in [-0.1, -0.05) is 18.9 Å². The summed E-state index contributed by atoms with van der Waals surface area (Å²) in [6.07, 6.45) is -2.52. The number of halogens is 3. The number of anilines is 3. The topological polar surface area (TPSA) is 44.3 Å².